The largest absolute Gasteiger partial charge is 0.411 e. The number of hydrogen-bond acceptors (Lipinski definition) is 3. The average molecular weight is 269 g/mol. The second kappa shape index (κ2) is 6.94. The summed E-state index contributed by atoms with van der Waals surface area (Å²) in [4.78, 5) is 11.3. The first-order valence-corrected chi connectivity index (χ1v) is 5.96. The first-order chi connectivity index (χ1) is 8.37. The van der Waals surface area contributed by atoms with Crippen LogP contribution in [-0.2, 0) is 9.53 Å². The molecule has 0 saturated heterocycles. The van der Waals surface area contributed by atoms with Crippen LogP contribution in [0.2, 0.25) is 0 Å². The van der Waals surface area contributed by atoms with E-state index in [1.165, 1.54) is 0 Å². The number of halogens is 3. The lowest BCUT2D eigenvalue weighted by Gasteiger charge is -2.11. The molecule has 0 bridgehead atoms. The van der Waals surface area contributed by atoms with Gasteiger partial charge in [-0.25, -0.2) is 0 Å². The van der Waals surface area contributed by atoms with E-state index in [0.29, 0.717) is 13.0 Å². The SMILES string of the molecule is O=C(CCOCC(F)(F)F)NCC1CCC(O)C1. The van der Waals surface area contributed by atoms with Gasteiger partial charge in [0.2, 0.25) is 5.91 Å². The molecule has 0 spiro atoms. The summed E-state index contributed by atoms with van der Waals surface area (Å²) < 4.78 is 39.5. The van der Waals surface area contributed by atoms with E-state index in [2.05, 4.69) is 10.1 Å². The molecule has 18 heavy (non-hydrogen) atoms. The molecule has 0 aromatic rings. The molecule has 1 aliphatic rings. The number of ether oxygens (including phenoxy) is 1. The van der Waals surface area contributed by atoms with E-state index in [1.807, 2.05) is 0 Å². The summed E-state index contributed by atoms with van der Waals surface area (Å²) >= 11 is 0. The zero-order chi connectivity index (χ0) is 13.6. The maximum Gasteiger partial charge on any atom is 0.411 e. The van der Waals surface area contributed by atoms with Gasteiger partial charge < -0.3 is 15.2 Å². The number of rotatable bonds is 6. The van der Waals surface area contributed by atoms with Crippen LogP contribution >= 0.6 is 0 Å². The number of nitrogens with one attached hydrogen (secondary N) is 1. The highest BCUT2D eigenvalue weighted by atomic mass is 19.4. The Morgan fingerprint density at radius 1 is 1.39 bits per heavy atom. The quantitative estimate of drug-likeness (QED) is 0.713. The maximum atomic E-state index is 11.7. The Morgan fingerprint density at radius 3 is 2.67 bits per heavy atom. The molecule has 1 fully saturated rings. The van der Waals surface area contributed by atoms with E-state index < -0.39 is 12.8 Å². The zero-order valence-electron chi connectivity index (χ0n) is 10.0. The second-order valence-electron chi connectivity index (χ2n) is 4.55. The molecule has 0 radical (unpaired) electrons. The zero-order valence-corrected chi connectivity index (χ0v) is 10.0. The van der Waals surface area contributed by atoms with E-state index >= 15 is 0 Å². The highest BCUT2D eigenvalue weighted by Crippen LogP contribution is 2.24. The van der Waals surface area contributed by atoms with Crippen molar-refractivity contribution in [3.8, 4) is 0 Å². The van der Waals surface area contributed by atoms with Crippen LogP contribution in [0.1, 0.15) is 25.7 Å². The summed E-state index contributed by atoms with van der Waals surface area (Å²) in [5.41, 5.74) is 0. The highest BCUT2D eigenvalue weighted by Gasteiger charge is 2.27. The molecule has 2 N–H and O–H groups in total. The number of aliphatic hydroxyl groups is 1. The fourth-order valence-electron chi connectivity index (χ4n) is 1.93. The number of carbonyl (C=O) groups is 1. The molecule has 106 valence electrons. The number of hydrogen-bond donors (Lipinski definition) is 2. The molecule has 2 atom stereocenters. The summed E-state index contributed by atoms with van der Waals surface area (Å²) in [6.45, 7) is -1.09. The summed E-state index contributed by atoms with van der Waals surface area (Å²) in [7, 11) is 0. The standard InChI is InChI=1S/C11H18F3NO3/c12-11(13,14)7-18-4-3-10(17)15-6-8-1-2-9(16)5-8/h8-9,16H,1-7H2,(H,15,17). The predicted octanol–water partition coefficient (Wildman–Crippen LogP) is 1.23. The fraction of sp³-hybridized carbons (Fsp3) is 0.909. The van der Waals surface area contributed by atoms with E-state index in [4.69, 9.17) is 0 Å². The molecule has 1 saturated carbocycles. The van der Waals surface area contributed by atoms with Gasteiger partial charge in [0.05, 0.1) is 12.7 Å². The van der Waals surface area contributed by atoms with Crippen LogP contribution in [-0.4, -0.2) is 43.1 Å². The summed E-state index contributed by atoms with van der Waals surface area (Å²) in [6, 6.07) is 0. The van der Waals surface area contributed by atoms with Crippen LogP contribution < -0.4 is 5.32 Å². The van der Waals surface area contributed by atoms with Crippen LogP contribution in [0.25, 0.3) is 0 Å². The monoisotopic (exact) mass is 269 g/mol. The molecular formula is C11H18F3NO3. The van der Waals surface area contributed by atoms with E-state index in [1.54, 1.807) is 0 Å². The smallest absolute Gasteiger partial charge is 0.393 e. The number of amides is 1. The third-order valence-electron chi connectivity index (χ3n) is 2.84. The van der Waals surface area contributed by atoms with Gasteiger partial charge in [0.15, 0.2) is 0 Å². The molecule has 0 aromatic heterocycles. The second-order valence-corrected chi connectivity index (χ2v) is 4.55. The number of aliphatic hydroxyl groups excluding tert-OH is 1. The Morgan fingerprint density at radius 2 is 2.11 bits per heavy atom. The lowest BCUT2D eigenvalue weighted by atomic mass is 10.1. The van der Waals surface area contributed by atoms with Gasteiger partial charge in [0.1, 0.15) is 6.61 Å². The Labute approximate surface area is 103 Å². The van der Waals surface area contributed by atoms with Gasteiger partial charge in [-0.05, 0) is 25.2 Å². The van der Waals surface area contributed by atoms with Gasteiger partial charge in [-0.3, -0.25) is 4.79 Å². The minimum atomic E-state index is -4.35. The van der Waals surface area contributed by atoms with Gasteiger partial charge in [0.25, 0.3) is 0 Å². The van der Waals surface area contributed by atoms with E-state index in [0.717, 1.165) is 12.8 Å². The summed E-state index contributed by atoms with van der Waals surface area (Å²) in [6.07, 6.45) is -2.43. The molecule has 0 aromatic carbocycles. The van der Waals surface area contributed by atoms with Gasteiger partial charge in [-0.15, -0.1) is 0 Å². The first-order valence-electron chi connectivity index (χ1n) is 5.96. The Balaban J connectivity index is 2.00. The van der Waals surface area contributed by atoms with Crippen molar-refractivity contribution in [1.82, 2.24) is 5.32 Å². The third-order valence-corrected chi connectivity index (χ3v) is 2.84. The van der Waals surface area contributed by atoms with Gasteiger partial charge in [-0.1, -0.05) is 0 Å². The minimum absolute atomic E-state index is 0.0780. The lowest BCUT2D eigenvalue weighted by Crippen LogP contribution is -2.29. The van der Waals surface area contributed by atoms with Gasteiger partial charge in [0, 0.05) is 13.0 Å². The number of alkyl halides is 3. The molecule has 1 amide bonds. The van der Waals surface area contributed by atoms with Crippen molar-refractivity contribution in [2.45, 2.75) is 38.0 Å². The summed E-state index contributed by atoms with van der Waals surface area (Å²) in [5, 5.41) is 11.9. The van der Waals surface area contributed by atoms with Crippen LogP contribution in [0, 0.1) is 5.92 Å². The van der Waals surface area contributed by atoms with Crippen molar-refractivity contribution in [3.63, 3.8) is 0 Å². The van der Waals surface area contributed by atoms with Crippen molar-refractivity contribution >= 4 is 5.91 Å². The van der Waals surface area contributed by atoms with Crippen molar-refractivity contribution in [1.29, 1.82) is 0 Å². The molecule has 0 aliphatic heterocycles. The van der Waals surface area contributed by atoms with Crippen molar-refractivity contribution in [2.24, 2.45) is 5.92 Å². The normalized spacial score (nSPS) is 24.2. The topological polar surface area (TPSA) is 58.6 Å². The predicted molar refractivity (Wildman–Crippen MR) is 57.8 cm³/mol. The van der Waals surface area contributed by atoms with E-state index in [-0.39, 0.29) is 31.0 Å². The van der Waals surface area contributed by atoms with Crippen molar-refractivity contribution in [3.05, 3.63) is 0 Å². The van der Waals surface area contributed by atoms with Crippen LogP contribution in [0.4, 0.5) is 13.2 Å². The van der Waals surface area contributed by atoms with E-state index in [9.17, 15) is 23.1 Å². The number of carbonyl (C=O) groups excluding carboxylic acids is 1. The first kappa shape index (κ1) is 15.2. The molecule has 1 aliphatic carbocycles. The lowest BCUT2D eigenvalue weighted by molar-refractivity contribution is -0.174. The molecule has 0 heterocycles. The van der Waals surface area contributed by atoms with Gasteiger partial charge >= 0.3 is 6.18 Å². The molecular weight excluding hydrogens is 251 g/mol. The maximum absolute atomic E-state index is 11.7. The Kier molecular flexibility index (Phi) is 5.87. The molecule has 1 rings (SSSR count). The van der Waals surface area contributed by atoms with Crippen molar-refractivity contribution in [2.75, 3.05) is 19.8 Å². The highest BCUT2D eigenvalue weighted by molar-refractivity contribution is 5.75. The Bertz CT molecular complexity index is 271. The van der Waals surface area contributed by atoms with Crippen LogP contribution in [0.3, 0.4) is 0 Å². The minimum Gasteiger partial charge on any atom is -0.393 e. The summed E-state index contributed by atoms with van der Waals surface area (Å²) in [5.74, 6) is -0.0568. The van der Waals surface area contributed by atoms with Crippen LogP contribution in [0.15, 0.2) is 0 Å². The fourth-order valence-corrected chi connectivity index (χ4v) is 1.93. The Hall–Kier alpha value is -0.820. The third kappa shape index (κ3) is 6.80. The molecule has 2 unspecified atom stereocenters. The molecule has 4 nitrogen and oxygen atoms in total. The van der Waals surface area contributed by atoms with Gasteiger partial charge in [-0.2, -0.15) is 13.2 Å². The van der Waals surface area contributed by atoms with Crippen LogP contribution in [0.5, 0.6) is 0 Å². The molecule has 7 heteroatoms. The van der Waals surface area contributed by atoms with Crippen molar-refractivity contribution < 1.29 is 27.8 Å². The average Bonchev–Trinajstić information content (AvgIpc) is 2.66.